The lowest BCUT2D eigenvalue weighted by atomic mass is 9.97. The van der Waals surface area contributed by atoms with E-state index < -0.39 is 0 Å². The number of hydrogen-bond acceptors (Lipinski definition) is 2. The van der Waals surface area contributed by atoms with Crippen molar-refractivity contribution in [2.45, 2.75) is 34.1 Å². The van der Waals surface area contributed by atoms with Crippen LogP contribution in [0.2, 0.25) is 0 Å². The fraction of sp³-hybridized carbons (Fsp3) is 0.438. The normalized spacial score (nSPS) is 11.7. The highest BCUT2D eigenvalue weighted by Gasteiger charge is 2.07. The number of rotatable bonds is 5. The molecule has 0 N–H and O–H groups in total. The Morgan fingerprint density at radius 1 is 1.33 bits per heavy atom. The zero-order chi connectivity index (χ0) is 13.5. The number of ether oxygens (including phenoxy) is 1. The Kier molecular flexibility index (Phi) is 5.63. The maximum atomic E-state index is 10.9. The summed E-state index contributed by atoms with van der Waals surface area (Å²) in [5, 5.41) is 0. The number of carbonyl (C=O) groups excluding carboxylic acids is 1. The minimum atomic E-state index is -0.231. The maximum Gasteiger partial charge on any atom is 0.302 e. The summed E-state index contributed by atoms with van der Waals surface area (Å²) in [6.07, 6.45) is 3.15. The summed E-state index contributed by atoms with van der Waals surface area (Å²) in [6.45, 7) is 8.20. The van der Waals surface area contributed by atoms with E-state index in [1.165, 1.54) is 18.1 Å². The molecule has 0 aliphatic heterocycles. The van der Waals surface area contributed by atoms with Crippen molar-refractivity contribution in [3.63, 3.8) is 0 Å². The molecule has 2 nitrogen and oxygen atoms in total. The number of hydrogen-bond donors (Lipinski definition) is 0. The van der Waals surface area contributed by atoms with Gasteiger partial charge in [-0.05, 0) is 29.0 Å². The van der Waals surface area contributed by atoms with Crippen molar-refractivity contribution in [1.82, 2.24) is 0 Å². The number of carbonyl (C=O) groups is 1. The van der Waals surface area contributed by atoms with Crippen LogP contribution in [0.3, 0.4) is 0 Å². The summed E-state index contributed by atoms with van der Waals surface area (Å²) >= 11 is 0. The van der Waals surface area contributed by atoms with Crippen LogP contribution in [0.15, 0.2) is 29.8 Å². The smallest absolute Gasteiger partial charge is 0.302 e. The average Bonchev–Trinajstić information content (AvgIpc) is 2.34. The van der Waals surface area contributed by atoms with Crippen LogP contribution in [0, 0.1) is 5.92 Å². The predicted octanol–water partition coefficient (Wildman–Crippen LogP) is 3.85. The van der Waals surface area contributed by atoms with Gasteiger partial charge >= 0.3 is 5.97 Å². The lowest BCUT2D eigenvalue weighted by Crippen LogP contribution is -2.07. The first-order valence-electron chi connectivity index (χ1n) is 6.46. The predicted molar refractivity (Wildman–Crippen MR) is 75.3 cm³/mol. The first-order valence-corrected chi connectivity index (χ1v) is 6.46. The van der Waals surface area contributed by atoms with Crippen LogP contribution in [0.4, 0.5) is 0 Å². The molecule has 0 atom stereocenters. The van der Waals surface area contributed by atoms with Crippen molar-refractivity contribution in [3.8, 4) is 0 Å². The van der Waals surface area contributed by atoms with Gasteiger partial charge in [0, 0.05) is 6.92 Å². The van der Waals surface area contributed by atoms with Gasteiger partial charge in [0.05, 0.1) is 0 Å². The average molecular weight is 246 g/mol. The molecular formula is C16H22O2. The Morgan fingerprint density at radius 2 is 2.00 bits per heavy atom. The second-order valence-electron chi connectivity index (χ2n) is 4.71. The monoisotopic (exact) mass is 246 g/mol. The van der Waals surface area contributed by atoms with Crippen molar-refractivity contribution in [2.75, 3.05) is 6.61 Å². The van der Waals surface area contributed by atoms with Gasteiger partial charge < -0.3 is 4.74 Å². The van der Waals surface area contributed by atoms with Gasteiger partial charge in [-0.3, -0.25) is 4.79 Å². The molecule has 0 amide bonds. The molecule has 1 aromatic rings. The van der Waals surface area contributed by atoms with Gasteiger partial charge in [0.25, 0.3) is 0 Å². The molecule has 0 aromatic heterocycles. The quantitative estimate of drug-likeness (QED) is 0.738. The van der Waals surface area contributed by atoms with Crippen molar-refractivity contribution >= 4 is 12.0 Å². The summed E-state index contributed by atoms with van der Waals surface area (Å²) in [5.74, 6) is 0.139. The van der Waals surface area contributed by atoms with E-state index in [2.05, 4.69) is 45.0 Å². The Bertz CT molecular complexity index is 430. The Hall–Kier alpha value is -1.57. The lowest BCUT2D eigenvalue weighted by molar-refractivity contribution is -0.140. The van der Waals surface area contributed by atoms with Crippen molar-refractivity contribution in [3.05, 3.63) is 41.0 Å². The molecule has 0 aliphatic carbocycles. The van der Waals surface area contributed by atoms with Crippen molar-refractivity contribution < 1.29 is 9.53 Å². The molecule has 98 valence electrons. The summed E-state index contributed by atoms with van der Waals surface area (Å²) in [6, 6.07) is 8.33. The highest BCUT2D eigenvalue weighted by Crippen LogP contribution is 2.18. The Balaban J connectivity index is 2.96. The third kappa shape index (κ3) is 4.36. The van der Waals surface area contributed by atoms with Crippen molar-refractivity contribution in [2.24, 2.45) is 5.92 Å². The first kappa shape index (κ1) is 14.5. The van der Waals surface area contributed by atoms with Crippen LogP contribution in [-0.4, -0.2) is 12.6 Å². The highest BCUT2D eigenvalue weighted by atomic mass is 16.5. The van der Waals surface area contributed by atoms with Gasteiger partial charge in [-0.25, -0.2) is 0 Å². The maximum absolute atomic E-state index is 10.9. The van der Waals surface area contributed by atoms with E-state index >= 15 is 0 Å². The molecule has 0 heterocycles. The minimum Gasteiger partial charge on any atom is -0.461 e. The standard InChI is InChI=1S/C16H22O2/c1-5-14-8-6-7-9-15(14)10-16(12(2)3)11-18-13(4)17/h6-10,12H,5,11H2,1-4H3. The molecule has 1 aromatic carbocycles. The van der Waals surface area contributed by atoms with E-state index in [0.717, 1.165) is 12.0 Å². The van der Waals surface area contributed by atoms with E-state index in [1.54, 1.807) is 0 Å². The van der Waals surface area contributed by atoms with Crippen molar-refractivity contribution in [1.29, 1.82) is 0 Å². The van der Waals surface area contributed by atoms with E-state index in [-0.39, 0.29) is 5.97 Å². The molecule has 0 unspecified atom stereocenters. The first-order chi connectivity index (χ1) is 8.54. The van der Waals surface area contributed by atoms with E-state index in [9.17, 15) is 4.79 Å². The van der Waals surface area contributed by atoms with Gasteiger partial charge in [-0.2, -0.15) is 0 Å². The second-order valence-corrected chi connectivity index (χ2v) is 4.71. The van der Waals surface area contributed by atoms with Crippen LogP contribution >= 0.6 is 0 Å². The largest absolute Gasteiger partial charge is 0.461 e. The second kappa shape index (κ2) is 7.00. The van der Waals surface area contributed by atoms with Gasteiger partial charge in [0.2, 0.25) is 0 Å². The number of benzene rings is 1. The van der Waals surface area contributed by atoms with Gasteiger partial charge in [-0.1, -0.05) is 51.1 Å². The summed E-state index contributed by atoms with van der Waals surface area (Å²) in [5.41, 5.74) is 3.68. The fourth-order valence-corrected chi connectivity index (χ4v) is 1.76. The zero-order valence-corrected chi connectivity index (χ0v) is 11.7. The zero-order valence-electron chi connectivity index (χ0n) is 11.7. The van der Waals surface area contributed by atoms with E-state index in [1.807, 2.05) is 6.07 Å². The summed E-state index contributed by atoms with van der Waals surface area (Å²) in [7, 11) is 0. The molecule has 2 heteroatoms. The van der Waals surface area contributed by atoms with Gasteiger partial charge in [0.15, 0.2) is 0 Å². The molecule has 1 rings (SSSR count). The number of aryl methyl sites for hydroxylation is 1. The third-order valence-corrected chi connectivity index (χ3v) is 2.96. The fourth-order valence-electron chi connectivity index (χ4n) is 1.76. The highest BCUT2D eigenvalue weighted by molar-refractivity contribution is 5.66. The Morgan fingerprint density at radius 3 is 2.56 bits per heavy atom. The molecule has 18 heavy (non-hydrogen) atoms. The summed E-state index contributed by atoms with van der Waals surface area (Å²) in [4.78, 5) is 10.9. The minimum absolute atomic E-state index is 0.231. The lowest BCUT2D eigenvalue weighted by Gasteiger charge is -2.13. The van der Waals surface area contributed by atoms with Gasteiger partial charge in [0.1, 0.15) is 6.61 Å². The molecule has 0 fully saturated rings. The molecule has 0 saturated carbocycles. The topological polar surface area (TPSA) is 26.3 Å². The molecule has 0 radical (unpaired) electrons. The molecule has 0 aliphatic rings. The van der Waals surface area contributed by atoms with Crippen LogP contribution in [0.25, 0.3) is 6.08 Å². The van der Waals surface area contributed by atoms with Crippen LogP contribution in [0.5, 0.6) is 0 Å². The SMILES string of the molecule is CCc1ccccc1C=C(COC(C)=O)C(C)C. The molecule has 0 spiro atoms. The van der Waals surface area contributed by atoms with Gasteiger partial charge in [-0.15, -0.1) is 0 Å². The summed E-state index contributed by atoms with van der Waals surface area (Å²) < 4.78 is 5.10. The molecule has 0 saturated heterocycles. The third-order valence-electron chi connectivity index (χ3n) is 2.96. The van der Waals surface area contributed by atoms with Crippen LogP contribution in [-0.2, 0) is 16.0 Å². The van der Waals surface area contributed by atoms with Crippen LogP contribution < -0.4 is 0 Å². The number of esters is 1. The van der Waals surface area contributed by atoms with E-state index in [0.29, 0.717) is 12.5 Å². The molecule has 0 bridgehead atoms. The Labute approximate surface area is 110 Å². The van der Waals surface area contributed by atoms with Crippen LogP contribution in [0.1, 0.15) is 38.8 Å². The van der Waals surface area contributed by atoms with E-state index in [4.69, 9.17) is 4.74 Å². The molecular weight excluding hydrogens is 224 g/mol.